The highest BCUT2D eigenvalue weighted by atomic mass is 79.9. The van der Waals surface area contributed by atoms with Crippen molar-refractivity contribution in [1.82, 2.24) is 10.9 Å². The van der Waals surface area contributed by atoms with Crippen LogP contribution in [0.3, 0.4) is 0 Å². The van der Waals surface area contributed by atoms with E-state index in [1.54, 1.807) is 12.1 Å². The number of benzene rings is 2. The number of nitrogens with one attached hydrogen (secondary N) is 2. The fourth-order valence-electron chi connectivity index (χ4n) is 2.50. The number of hydrazine groups is 1. The number of thioether (sulfide) groups is 1. The molecule has 3 rings (SSSR count). The highest BCUT2D eigenvalue weighted by molar-refractivity contribution is 9.10. The molecule has 2 amide bonds. The molecule has 0 heterocycles. The maximum atomic E-state index is 12.1. The van der Waals surface area contributed by atoms with Gasteiger partial charge in [0.15, 0.2) is 0 Å². The van der Waals surface area contributed by atoms with Gasteiger partial charge < -0.3 is 0 Å². The van der Waals surface area contributed by atoms with E-state index >= 15 is 0 Å². The zero-order chi connectivity index (χ0) is 17.8. The number of hydrogen-bond acceptors (Lipinski definition) is 3. The smallest absolute Gasteiger partial charge is 0.248 e. The molecule has 4 nitrogen and oxygen atoms in total. The van der Waals surface area contributed by atoms with Crippen molar-refractivity contribution < 1.29 is 9.59 Å². The Bertz CT molecular complexity index is 768. The minimum absolute atomic E-state index is 0.0783. The van der Waals surface area contributed by atoms with Gasteiger partial charge in [0, 0.05) is 20.3 Å². The largest absolute Gasteiger partial charge is 0.273 e. The molecule has 1 aliphatic rings. The lowest BCUT2D eigenvalue weighted by Gasteiger charge is -2.07. The van der Waals surface area contributed by atoms with Crippen LogP contribution in [0.2, 0.25) is 5.02 Å². The van der Waals surface area contributed by atoms with Crippen LogP contribution in [0.5, 0.6) is 0 Å². The second kappa shape index (κ2) is 8.25. The maximum absolute atomic E-state index is 12.1. The summed E-state index contributed by atoms with van der Waals surface area (Å²) in [6.45, 7) is 0. The summed E-state index contributed by atoms with van der Waals surface area (Å²) >= 11 is 10.6. The fraction of sp³-hybridized carbons (Fsp3) is 0.222. The average Bonchev–Trinajstić information content (AvgIpc) is 3.40. The summed E-state index contributed by atoms with van der Waals surface area (Å²) < 4.78 is 1.02. The lowest BCUT2D eigenvalue weighted by atomic mass is 10.1. The van der Waals surface area contributed by atoms with Gasteiger partial charge in [-0.2, -0.15) is 0 Å². The number of carbonyl (C=O) groups is 2. The molecule has 1 saturated carbocycles. The van der Waals surface area contributed by atoms with Gasteiger partial charge in [-0.1, -0.05) is 39.7 Å². The van der Waals surface area contributed by atoms with Crippen LogP contribution >= 0.6 is 39.3 Å². The Morgan fingerprint density at radius 1 is 1.08 bits per heavy atom. The van der Waals surface area contributed by atoms with E-state index in [1.165, 1.54) is 11.8 Å². The molecular formula is C18H16BrClN2O2S. The van der Waals surface area contributed by atoms with Gasteiger partial charge in [0.1, 0.15) is 0 Å². The molecular weight excluding hydrogens is 424 g/mol. The van der Waals surface area contributed by atoms with E-state index in [-0.39, 0.29) is 29.4 Å². The Morgan fingerprint density at radius 2 is 1.76 bits per heavy atom. The number of rotatable bonds is 5. The van der Waals surface area contributed by atoms with Crippen LogP contribution in [0.1, 0.15) is 17.9 Å². The van der Waals surface area contributed by atoms with E-state index in [0.29, 0.717) is 5.02 Å². The molecule has 0 bridgehead atoms. The Balaban J connectivity index is 1.39. The number of halogens is 2. The first-order valence-electron chi connectivity index (χ1n) is 7.75. The van der Waals surface area contributed by atoms with E-state index in [0.717, 1.165) is 21.4 Å². The van der Waals surface area contributed by atoms with Gasteiger partial charge in [-0.05, 0) is 54.3 Å². The maximum Gasteiger partial charge on any atom is 0.248 e. The summed E-state index contributed by atoms with van der Waals surface area (Å²) in [5, 5.41) is 0.658. The topological polar surface area (TPSA) is 58.2 Å². The highest BCUT2D eigenvalue weighted by Gasteiger charge is 2.44. The lowest BCUT2D eigenvalue weighted by Crippen LogP contribution is -2.43. The van der Waals surface area contributed by atoms with Gasteiger partial charge in [0.05, 0.1) is 5.75 Å². The standard InChI is InChI=1S/C18H16BrClN2O2S/c19-12-3-1-11(2-4-12)15-9-16(15)18(24)22-21-17(23)10-25-14-7-5-13(20)6-8-14/h1-8,15-16H,9-10H2,(H,21,23)(H,22,24). The fourth-order valence-corrected chi connectivity index (χ4v) is 3.59. The molecule has 0 aromatic heterocycles. The van der Waals surface area contributed by atoms with Gasteiger partial charge in [0.2, 0.25) is 11.8 Å². The molecule has 2 aromatic carbocycles. The van der Waals surface area contributed by atoms with Crippen molar-refractivity contribution in [3.8, 4) is 0 Å². The Kier molecular flexibility index (Phi) is 6.04. The normalized spacial score (nSPS) is 18.5. The molecule has 2 aromatic rings. The van der Waals surface area contributed by atoms with Crippen LogP contribution < -0.4 is 10.9 Å². The molecule has 0 saturated heterocycles. The van der Waals surface area contributed by atoms with E-state index in [1.807, 2.05) is 36.4 Å². The van der Waals surface area contributed by atoms with E-state index in [9.17, 15) is 9.59 Å². The SMILES string of the molecule is O=C(CSc1ccc(Cl)cc1)NNC(=O)C1CC1c1ccc(Br)cc1. The first-order valence-corrected chi connectivity index (χ1v) is 9.91. The third kappa shape index (κ3) is 5.23. The van der Waals surface area contributed by atoms with Gasteiger partial charge >= 0.3 is 0 Å². The summed E-state index contributed by atoms with van der Waals surface area (Å²) in [5.41, 5.74) is 6.14. The van der Waals surface area contributed by atoms with Gasteiger partial charge in [0.25, 0.3) is 0 Å². The van der Waals surface area contributed by atoms with Crippen molar-refractivity contribution in [3.05, 3.63) is 63.6 Å². The summed E-state index contributed by atoms with van der Waals surface area (Å²) in [7, 11) is 0. The molecule has 2 atom stereocenters. The van der Waals surface area contributed by atoms with Gasteiger partial charge in [-0.15, -0.1) is 11.8 Å². The van der Waals surface area contributed by atoms with Crippen molar-refractivity contribution in [2.24, 2.45) is 5.92 Å². The molecule has 0 radical (unpaired) electrons. The zero-order valence-corrected chi connectivity index (χ0v) is 16.3. The summed E-state index contributed by atoms with van der Waals surface area (Å²) in [5.74, 6) is -0.00587. The second-order valence-electron chi connectivity index (χ2n) is 5.78. The van der Waals surface area contributed by atoms with E-state index < -0.39 is 0 Å². The average molecular weight is 440 g/mol. The van der Waals surface area contributed by atoms with Crippen LogP contribution in [0.4, 0.5) is 0 Å². The summed E-state index contributed by atoms with van der Waals surface area (Å²) in [4.78, 5) is 24.9. The molecule has 1 fully saturated rings. The predicted molar refractivity (Wildman–Crippen MR) is 103 cm³/mol. The molecule has 0 aliphatic heterocycles. The van der Waals surface area contributed by atoms with Crippen LogP contribution in [-0.4, -0.2) is 17.6 Å². The van der Waals surface area contributed by atoms with Crippen molar-refractivity contribution in [3.63, 3.8) is 0 Å². The monoisotopic (exact) mass is 438 g/mol. The molecule has 2 N–H and O–H groups in total. The highest BCUT2D eigenvalue weighted by Crippen LogP contribution is 2.47. The first kappa shape index (κ1) is 18.3. The molecule has 0 spiro atoms. The molecule has 2 unspecified atom stereocenters. The van der Waals surface area contributed by atoms with Crippen LogP contribution in [0, 0.1) is 5.92 Å². The number of hydrogen-bond donors (Lipinski definition) is 2. The lowest BCUT2D eigenvalue weighted by molar-refractivity contribution is -0.128. The Labute approximate surface area is 163 Å². The van der Waals surface area contributed by atoms with Crippen LogP contribution in [0.15, 0.2) is 57.9 Å². The second-order valence-corrected chi connectivity index (χ2v) is 8.18. The molecule has 1 aliphatic carbocycles. The van der Waals surface area contributed by atoms with Crippen molar-refractivity contribution in [1.29, 1.82) is 0 Å². The Hall–Kier alpha value is -1.50. The van der Waals surface area contributed by atoms with Crippen molar-refractivity contribution in [2.45, 2.75) is 17.2 Å². The molecule has 25 heavy (non-hydrogen) atoms. The predicted octanol–water partition coefficient (Wildman–Crippen LogP) is 4.15. The van der Waals surface area contributed by atoms with Crippen LogP contribution in [-0.2, 0) is 9.59 Å². The molecule has 130 valence electrons. The van der Waals surface area contributed by atoms with E-state index in [2.05, 4.69) is 26.8 Å². The minimum Gasteiger partial charge on any atom is -0.273 e. The third-order valence-corrected chi connectivity index (χ3v) is 5.73. The molecule has 7 heteroatoms. The first-order chi connectivity index (χ1) is 12.0. The van der Waals surface area contributed by atoms with E-state index in [4.69, 9.17) is 11.6 Å². The van der Waals surface area contributed by atoms with Crippen molar-refractivity contribution >= 4 is 51.1 Å². The Morgan fingerprint density at radius 3 is 2.44 bits per heavy atom. The summed E-state index contributed by atoms with van der Waals surface area (Å²) in [6, 6.07) is 15.2. The number of carbonyl (C=O) groups excluding carboxylic acids is 2. The quantitative estimate of drug-likeness (QED) is 0.544. The minimum atomic E-state index is -0.242. The van der Waals surface area contributed by atoms with Gasteiger partial charge in [-0.3, -0.25) is 20.4 Å². The van der Waals surface area contributed by atoms with Gasteiger partial charge in [-0.25, -0.2) is 0 Å². The zero-order valence-electron chi connectivity index (χ0n) is 13.2. The van der Waals surface area contributed by atoms with Crippen LogP contribution in [0.25, 0.3) is 0 Å². The summed E-state index contributed by atoms with van der Waals surface area (Å²) in [6.07, 6.45) is 0.808. The number of amides is 2. The van der Waals surface area contributed by atoms with Crippen molar-refractivity contribution in [2.75, 3.05) is 5.75 Å². The third-order valence-electron chi connectivity index (χ3n) is 3.93.